The fourth-order valence-corrected chi connectivity index (χ4v) is 3.37. The first-order valence-electron chi connectivity index (χ1n) is 9.71. The summed E-state index contributed by atoms with van der Waals surface area (Å²) in [5.74, 6) is 1.29. The monoisotopic (exact) mass is 436 g/mol. The van der Waals surface area contributed by atoms with Gasteiger partial charge in [-0.15, -0.1) is 5.10 Å². The van der Waals surface area contributed by atoms with Gasteiger partial charge in [0.1, 0.15) is 24.4 Å². The second-order valence-corrected chi connectivity index (χ2v) is 7.56. The number of hydrogen-bond donors (Lipinski definition) is 1. The van der Waals surface area contributed by atoms with Crippen molar-refractivity contribution in [2.45, 2.75) is 27.0 Å². The Bertz CT molecular complexity index is 1190. The maximum atomic E-state index is 12.5. The Morgan fingerprint density at radius 1 is 1.13 bits per heavy atom. The van der Waals surface area contributed by atoms with Crippen LogP contribution in [0.2, 0.25) is 5.02 Å². The van der Waals surface area contributed by atoms with Crippen LogP contribution in [0.25, 0.3) is 0 Å². The van der Waals surface area contributed by atoms with E-state index in [0.29, 0.717) is 17.3 Å². The molecule has 7 nitrogen and oxygen atoms in total. The lowest BCUT2D eigenvalue weighted by Crippen LogP contribution is -2.12. The van der Waals surface area contributed by atoms with E-state index in [9.17, 15) is 4.79 Å². The van der Waals surface area contributed by atoms with Crippen LogP contribution in [0, 0.1) is 13.8 Å². The van der Waals surface area contributed by atoms with Crippen LogP contribution in [-0.2, 0) is 13.2 Å². The number of ether oxygens (including phenoxy) is 1. The van der Waals surface area contributed by atoms with Gasteiger partial charge in [-0.1, -0.05) is 41.9 Å². The number of nitrogens with one attached hydrogen (secondary N) is 1. The predicted molar refractivity (Wildman–Crippen MR) is 117 cm³/mol. The van der Waals surface area contributed by atoms with E-state index in [1.165, 1.54) is 0 Å². The number of amides is 1. The van der Waals surface area contributed by atoms with E-state index in [1.54, 1.807) is 23.1 Å². The Labute approximate surface area is 184 Å². The highest BCUT2D eigenvalue weighted by Gasteiger charge is 2.14. The van der Waals surface area contributed by atoms with Gasteiger partial charge in [-0.2, -0.15) is 0 Å². The maximum absolute atomic E-state index is 12.5. The van der Waals surface area contributed by atoms with Gasteiger partial charge in [0.2, 0.25) is 5.95 Å². The summed E-state index contributed by atoms with van der Waals surface area (Å²) in [4.78, 5) is 16.6. The van der Waals surface area contributed by atoms with Crippen LogP contribution in [0.5, 0.6) is 5.75 Å². The lowest BCUT2D eigenvalue weighted by molar-refractivity contribution is 0.0991. The summed E-state index contributed by atoms with van der Waals surface area (Å²) in [6.45, 7) is 4.69. The van der Waals surface area contributed by atoms with Gasteiger partial charge in [0.25, 0.3) is 5.91 Å². The van der Waals surface area contributed by atoms with Crippen molar-refractivity contribution in [3.8, 4) is 5.75 Å². The summed E-state index contributed by atoms with van der Waals surface area (Å²) < 4.78 is 13.1. The fraction of sp³-hybridized carbons (Fsp3) is 0.174. The summed E-state index contributed by atoms with van der Waals surface area (Å²) in [5, 5.41) is 7.56. The number of halogens is 1. The molecule has 0 aliphatic rings. The van der Waals surface area contributed by atoms with Crippen molar-refractivity contribution in [1.29, 1.82) is 0 Å². The van der Waals surface area contributed by atoms with Crippen LogP contribution >= 0.6 is 11.6 Å². The summed E-state index contributed by atoms with van der Waals surface area (Å²) in [5.41, 5.74) is 3.07. The molecule has 158 valence electrons. The number of hydrogen-bond acceptors (Lipinski definition) is 5. The molecule has 0 radical (unpaired) electrons. The number of aryl methyl sites for hydroxylation is 2. The van der Waals surface area contributed by atoms with Gasteiger partial charge in [-0.25, -0.2) is 9.67 Å². The molecule has 4 aromatic rings. The standard InChI is InChI=1S/C23H21ClN4O3/c1-15-5-3-6-16(2)21(15)30-13-19-9-10-20(31-19)22(29)26-23-25-14-28(27-23)12-17-7-4-8-18(24)11-17/h3-11,14H,12-13H2,1-2H3,(H,26,27,29). The Morgan fingerprint density at radius 2 is 1.90 bits per heavy atom. The van der Waals surface area contributed by atoms with Crippen molar-refractivity contribution >= 4 is 23.5 Å². The highest BCUT2D eigenvalue weighted by atomic mass is 35.5. The Morgan fingerprint density at radius 3 is 2.68 bits per heavy atom. The van der Waals surface area contributed by atoms with Crippen molar-refractivity contribution in [3.05, 3.63) is 94.2 Å². The highest BCUT2D eigenvalue weighted by Crippen LogP contribution is 2.24. The van der Waals surface area contributed by atoms with Gasteiger partial charge in [-0.05, 0) is 54.8 Å². The molecule has 1 N–H and O–H groups in total. The third kappa shape index (κ3) is 5.13. The molecular weight excluding hydrogens is 416 g/mol. The van der Waals surface area contributed by atoms with E-state index in [4.69, 9.17) is 20.8 Å². The summed E-state index contributed by atoms with van der Waals surface area (Å²) >= 11 is 6.01. The highest BCUT2D eigenvalue weighted by molar-refractivity contribution is 6.30. The van der Waals surface area contributed by atoms with Crippen LogP contribution < -0.4 is 10.1 Å². The molecule has 0 aliphatic carbocycles. The van der Waals surface area contributed by atoms with E-state index in [1.807, 2.05) is 56.3 Å². The molecule has 0 unspecified atom stereocenters. The number of anilines is 1. The van der Waals surface area contributed by atoms with Crippen molar-refractivity contribution in [3.63, 3.8) is 0 Å². The van der Waals surface area contributed by atoms with E-state index in [2.05, 4.69) is 15.4 Å². The van der Waals surface area contributed by atoms with Crippen molar-refractivity contribution < 1.29 is 13.9 Å². The minimum Gasteiger partial charge on any atom is -0.485 e. The normalized spacial score (nSPS) is 10.8. The summed E-state index contributed by atoms with van der Waals surface area (Å²) in [6, 6.07) is 16.7. The van der Waals surface area contributed by atoms with Crippen LogP contribution in [0.3, 0.4) is 0 Å². The van der Waals surface area contributed by atoms with Gasteiger partial charge in [-0.3, -0.25) is 10.1 Å². The Hall–Kier alpha value is -3.58. The summed E-state index contributed by atoms with van der Waals surface area (Å²) in [6.07, 6.45) is 1.54. The molecule has 0 bridgehead atoms. The molecular formula is C23H21ClN4O3. The van der Waals surface area contributed by atoms with Crippen molar-refractivity contribution in [2.24, 2.45) is 0 Å². The summed E-state index contributed by atoms with van der Waals surface area (Å²) in [7, 11) is 0. The molecule has 0 spiro atoms. The quantitative estimate of drug-likeness (QED) is 0.439. The number of carbonyl (C=O) groups excluding carboxylic acids is 1. The molecule has 0 aliphatic heterocycles. The minimum absolute atomic E-state index is 0.159. The molecule has 4 rings (SSSR count). The zero-order chi connectivity index (χ0) is 21.8. The van der Waals surface area contributed by atoms with E-state index >= 15 is 0 Å². The number of furan rings is 1. The third-order valence-electron chi connectivity index (χ3n) is 4.65. The molecule has 8 heteroatoms. The third-order valence-corrected chi connectivity index (χ3v) is 4.88. The first-order valence-corrected chi connectivity index (χ1v) is 10.1. The number of para-hydroxylation sites is 1. The number of aromatic nitrogens is 3. The van der Waals surface area contributed by atoms with Gasteiger partial charge in [0, 0.05) is 5.02 Å². The van der Waals surface area contributed by atoms with Crippen LogP contribution in [0.15, 0.2) is 65.3 Å². The lowest BCUT2D eigenvalue weighted by atomic mass is 10.1. The van der Waals surface area contributed by atoms with Gasteiger partial charge >= 0.3 is 0 Å². The van der Waals surface area contributed by atoms with E-state index < -0.39 is 5.91 Å². The molecule has 2 heterocycles. The average Bonchev–Trinajstić information content (AvgIpc) is 3.37. The second kappa shape index (κ2) is 9.06. The Kier molecular flexibility index (Phi) is 6.04. The second-order valence-electron chi connectivity index (χ2n) is 7.13. The lowest BCUT2D eigenvalue weighted by Gasteiger charge is -2.10. The molecule has 1 amide bonds. The van der Waals surface area contributed by atoms with Gasteiger partial charge < -0.3 is 9.15 Å². The molecule has 0 saturated heterocycles. The zero-order valence-electron chi connectivity index (χ0n) is 17.1. The number of nitrogens with zero attached hydrogens (tertiary/aromatic N) is 3. The largest absolute Gasteiger partial charge is 0.485 e. The first-order chi connectivity index (χ1) is 15.0. The van der Waals surface area contributed by atoms with E-state index in [0.717, 1.165) is 22.4 Å². The molecule has 0 atom stereocenters. The minimum atomic E-state index is -0.432. The molecule has 2 aromatic carbocycles. The fourth-order valence-electron chi connectivity index (χ4n) is 3.16. The van der Waals surface area contributed by atoms with Crippen LogP contribution in [-0.4, -0.2) is 20.7 Å². The van der Waals surface area contributed by atoms with Gasteiger partial charge in [0.05, 0.1) is 6.54 Å². The van der Waals surface area contributed by atoms with Gasteiger partial charge in [0.15, 0.2) is 5.76 Å². The maximum Gasteiger partial charge on any atom is 0.293 e. The molecule has 31 heavy (non-hydrogen) atoms. The number of benzene rings is 2. The zero-order valence-corrected chi connectivity index (χ0v) is 17.9. The number of carbonyl (C=O) groups is 1. The van der Waals surface area contributed by atoms with Crippen LogP contribution in [0.1, 0.15) is 33.0 Å². The van der Waals surface area contributed by atoms with Crippen LogP contribution in [0.4, 0.5) is 5.95 Å². The average molecular weight is 437 g/mol. The smallest absolute Gasteiger partial charge is 0.293 e. The van der Waals surface area contributed by atoms with E-state index in [-0.39, 0.29) is 18.3 Å². The first kappa shape index (κ1) is 20.7. The predicted octanol–water partition coefficient (Wildman–Crippen LogP) is 5.02. The SMILES string of the molecule is Cc1cccc(C)c1OCc1ccc(C(=O)Nc2ncn(Cc3cccc(Cl)c3)n2)o1. The Balaban J connectivity index is 1.35. The number of rotatable bonds is 7. The topological polar surface area (TPSA) is 82.2 Å². The molecule has 0 fully saturated rings. The molecule has 0 saturated carbocycles. The molecule has 2 aromatic heterocycles. The van der Waals surface area contributed by atoms with Crippen molar-refractivity contribution in [1.82, 2.24) is 14.8 Å². The van der Waals surface area contributed by atoms with Crippen molar-refractivity contribution in [2.75, 3.05) is 5.32 Å².